The monoisotopic (exact) mass is 290 g/mol. The van der Waals surface area contributed by atoms with Gasteiger partial charge < -0.3 is 5.32 Å². The van der Waals surface area contributed by atoms with Crippen LogP contribution in [-0.2, 0) is 0 Å². The highest BCUT2D eigenvalue weighted by atomic mass is 35.5. The van der Waals surface area contributed by atoms with Crippen molar-refractivity contribution in [1.29, 1.82) is 5.26 Å². The van der Waals surface area contributed by atoms with E-state index in [2.05, 4.69) is 11.4 Å². The van der Waals surface area contributed by atoms with E-state index < -0.39 is 0 Å². The summed E-state index contributed by atoms with van der Waals surface area (Å²) in [6, 6.07) is 15.2. The average Bonchev–Trinajstić information content (AvgIpc) is 2.41. The first-order valence-corrected chi connectivity index (χ1v) is 6.57. The Labute approximate surface area is 122 Å². The van der Waals surface area contributed by atoms with Crippen LogP contribution in [0.3, 0.4) is 0 Å². The van der Waals surface area contributed by atoms with Gasteiger partial charge in [0.1, 0.15) is 6.07 Å². The molecule has 0 aliphatic carbocycles. The van der Waals surface area contributed by atoms with Crippen molar-refractivity contribution in [2.45, 2.75) is 13.0 Å². The maximum Gasteiger partial charge on any atom is 0.101 e. The van der Waals surface area contributed by atoms with Crippen molar-refractivity contribution < 1.29 is 0 Å². The van der Waals surface area contributed by atoms with Crippen LogP contribution in [0.4, 0.5) is 5.69 Å². The number of benzene rings is 2. The van der Waals surface area contributed by atoms with Crippen LogP contribution in [0, 0.1) is 11.3 Å². The van der Waals surface area contributed by atoms with Gasteiger partial charge in [0.15, 0.2) is 0 Å². The summed E-state index contributed by atoms with van der Waals surface area (Å²) in [4.78, 5) is 0. The van der Waals surface area contributed by atoms with Crippen LogP contribution in [0.1, 0.15) is 24.1 Å². The predicted octanol–water partition coefficient (Wildman–Crippen LogP) is 5.04. The first kappa shape index (κ1) is 13.7. The molecule has 1 unspecified atom stereocenters. The predicted molar refractivity (Wildman–Crippen MR) is 79.7 cm³/mol. The Morgan fingerprint density at radius 3 is 2.42 bits per heavy atom. The molecule has 1 atom stereocenters. The number of nitrogens with one attached hydrogen (secondary N) is 1. The van der Waals surface area contributed by atoms with Crippen molar-refractivity contribution in [3.63, 3.8) is 0 Å². The molecule has 0 aromatic heterocycles. The second-order valence-corrected chi connectivity index (χ2v) is 5.07. The van der Waals surface area contributed by atoms with Gasteiger partial charge in [0.25, 0.3) is 0 Å². The number of anilines is 1. The largest absolute Gasteiger partial charge is 0.378 e. The lowest BCUT2D eigenvalue weighted by atomic mass is 10.1. The summed E-state index contributed by atoms with van der Waals surface area (Å²) in [5, 5.41) is 13.5. The molecular weight excluding hydrogens is 279 g/mol. The van der Waals surface area contributed by atoms with Gasteiger partial charge in [-0.15, -0.1) is 0 Å². The van der Waals surface area contributed by atoms with E-state index in [9.17, 15) is 0 Å². The molecule has 0 aliphatic heterocycles. The maximum atomic E-state index is 8.95. The zero-order valence-corrected chi connectivity index (χ0v) is 11.8. The number of hydrogen-bond donors (Lipinski definition) is 1. The Bertz CT molecular complexity index is 615. The number of nitriles is 1. The normalized spacial score (nSPS) is 11.7. The van der Waals surface area contributed by atoms with Crippen LogP contribution in [0.2, 0.25) is 10.0 Å². The van der Waals surface area contributed by atoms with E-state index in [1.165, 1.54) is 0 Å². The van der Waals surface area contributed by atoms with Gasteiger partial charge in [0, 0.05) is 16.8 Å². The summed E-state index contributed by atoms with van der Waals surface area (Å²) in [6.07, 6.45) is 0. The molecule has 0 saturated carbocycles. The van der Waals surface area contributed by atoms with Crippen LogP contribution in [0.5, 0.6) is 0 Å². The second kappa shape index (κ2) is 5.97. The third-order valence-electron chi connectivity index (χ3n) is 2.84. The minimum atomic E-state index is 0.116. The van der Waals surface area contributed by atoms with E-state index in [-0.39, 0.29) is 6.04 Å². The molecule has 0 saturated heterocycles. The van der Waals surface area contributed by atoms with E-state index >= 15 is 0 Å². The minimum absolute atomic E-state index is 0.116. The summed E-state index contributed by atoms with van der Waals surface area (Å²) in [5.41, 5.74) is 2.45. The fourth-order valence-corrected chi connectivity index (χ4v) is 2.07. The SMILES string of the molecule is CC(Nc1ccc(Cl)c(C#N)c1)c1ccc(Cl)cc1. The smallest absolute Gasteiger partial charge is 0.101 e. The van der Waals surface area contributed by atoms with Crippen LogP contribution >= 0.6 is 23.2 Å². The van der Waals surface area contributed by atoms with Gasteiger partial charge in [-0.2, -0.15) is 5.26 Å². The highest BCUT2D eigenvalue weighted by Gasteiger charge is 2.07. The summed E-state index contributed by atoms with van der Waals surface area (Å²) in [7, 11) is 0. The van der Waals surface area contributed by atoms with Crippen molar-refractivity contribution >= 4 is 28.9 Å². The zero-order chi connectivity index (χ0) is 13.8. The maximum absolute atomic E-state index is 8.95. The van der Waals surface area contributed by atoms with Crippen molar-refractivity contribution in [3.8, 4) is 6.07 Å². The molecule has 0 radical (unpaired) electrons. The first-order valence-electron chi connectivity index (χ1n) is 5.82. The molecule has 19 heavy (non-hydrogen) atoms. The summed E-state index contributed by atoms with van der Waals surface area (Å²) in [6.45, 7) is 2.05. The molecule has 4 heteroatoms. The Balaban J connectivity index is 2.17. The molecule has 0 amide bonds. The number of hydrogen-bond acceptors (Lipinski definition) is 2. The molecule has 2 nitrogen and oxygen atoms in total. The van der Waals surface area contributed by atoms with Gasteiger partial charge >= 0.3 is 0 Å². The number of rotatable bonds is 3. The minimum Gasteiger partial charge on any atom is -0.378 e. The third-order valence-corrected chi connectivity index (χ3v) is 3.42. The average molecular weight is 291 g/mol. The molecule has 2 aromatic carbocycles. The molecule has 1 N–H and O–H groups in total. The van der Waals surface area contributed by atoms with Crippen LogP contribution in [-0.4, -0.2) is 0 Å². The van der Waals surface area contributed by atoms with E-state index in [1.807, 2.05) is 37.3 Å². The van der Waals surface area contributed by atoms with E-state index in [0.29, 0.717) is 15.6 Å². The quantitative estimate of drug-likeness (QED) is 0.860. The van der Waals surface area contributed by atoms with Crippen molar-refractivity contribution in [1.82, 2.24) is 0 Å². The van der Waals surface area contributed by atoms with Gasteiger partial charge in [-0.05, 0) is 42.8 Å². The highest BCUT2D eigenvalue weighted by Crippen LogP contribution is 2.24. The molecule has 0 bridgehead atoms. The molecule has 0 spiro atoms. The molecule has 0 fully saturated rings. The van der Waals surface area contributed by atoms with Gasteiger partial charge in [-0.3, -0.25) is 0 Å². The Morgan fingerprint density at radius 1 is 1.11 bits per heavy atom. The van der Waals surface area contributed by atoms with Gasteiger partial charge in [-0.1, -0.05) is 35.3 Å². The fourth-order valence-electron chi connectivity index (χ4n) is 1.79. The van der Waals surface area contributed by atoms with Crippen molar-refractivity contribution in [2.24, 2.45) is 0 Å². The molecule has 2 aromatic rings. The van der Waals surface area contributed by atoms with Crippen molar-refractivity contribution in [3.05, 3.63) is 63.6 Å². The first-order chi connectivity index (χ1) is 9.10. The highest BCUT2D eigenvalue weighted by molar-refractivity contribution is 6.31. The van der Waals surface area contributed by atoms with Crippen LogP contribution < -0.4 is 5.32 Å². The molecule has 96 valence electrons. The fraction of sp³-hybridized carbons (Fsp3) is 0.133. The molecule has 2 rings (SSSR count). The topological polar surface area (TPSA) is 35.8 Å². The van der Waals surface area contributed by atoms with Crippen molar-refractivity contribution in [2.75, 3.05) is 5.32 Å². The van der Waals surface area contributed by atoms with Gasteiger partial charge in [-0.25, -0.2) is 0 Å². The van der Waals surface area contributed by atoms with E-state index in [4.69, 9.17) is 28.5 Å². The van der Waals surface area contributed by atoms with E-state index in [0.717, 1.165) is 11.3 Å². The molecular formula is C15H12Cl2N2. The standard InChI is InChI=1S/C15H12Cl2N2/c1-10(11-2-4-13(16)5-3-11)19-14-6-7-15(17)12(8-14)9-18/h2-8,10,19H,1H3. The Morgan fingerprint density at radius 2 is 1.79 bits per heavy atom. The Kier molecular flexibility index (Phi) is 4.31. The number of nitrogens with zero attached hydrogens (tertiary/aromatic N) is 1. The van der Waals surface area contributed by atoms with Gasteiger partial charge in [0.05, 0.1) is 10.6 Å². The lowest BCUT2D eigenvalue weighted by Gasteiger charge is -2.16. The molecule has 0 heterocycles. The lowest BCUT2D eigenvalue weighted by Crippen LogP contribution is -2.06. The van der Waals surface area contributed by atoms with Crippen LogP contribution in [0.15, 0.2) is 42.5 Å². The summed E-state index contributed by atoms with van der Waals surface area (Å²) < 4.78 is 0. The lowest BCUT2D eigenvalue weighted by molar-refractivity contribution is 0.885. The van der Waals surface area contributed by atoms with Gasteiger partial charge in [0.2, 0.25) is 0 Å². The third kappa shape index (κ3) is 3.41. The van der Waals surface area contributed by atoms with E-state index in [1.54, 1.807) is 12.1 Å². The zero-order valence-electron chi connectivity index (χ0n) is 10.3. The summed E-state index contributed by atoms with van der Waals surface area (Å²) >= 11 is 11.8. The van der Waals surface area contributed by atoms with Crippen LogP contribution in [0.25, 0.3) is 0 Å². The molecule has 0 aliphatic rings. The Hall–Kier alpha value is -1.69. The summed E-state index contributed by atoms with van der Waals surface area (Å²) in [5.74, 6) is 0. The second-order valence-electron chi connectivity index (χ2n) is 4.22. The number of halogens is 2.